The van der Waals surface area contributed by atoms with Gasteiger partial charge >= 0.3 is 0 Å². The zero-order chi connectivity index (χ0) is 26.2. The quantitative estimate of drug-likeness (QED) is 0.435. The van der Waals surface area contributed by atoms with Gasteiger partial charge in [-0.25, -0.2) is 14.8 Å². The largest absolute Gasteiger partial charge is 0.331 e. The van der Waals surface area contributed by atoms with Crippen LogP contribution in [0.25, 0.3) is 0 Å². The third-order valence-corrected chi connectivity index (χ3v) is 8.90. The van der Waals surface area contributed by atoms with Gasteiger partial charge < -0.3 is 5.32 Å². The molecule has 0 spiro atoms. The first kappa shape index (κ1) is 25.1. The van der Waals surface area contributed by atoms with Crippen molar-refractivity contribution in [3.63, 3.8) is 0 Å². The topological polar surface area (TPSA) is 89.1 Å². The smallest absolute Gasteiger partial charge is 0.253 e. The van der Waals surface area contributed by atoms with Crippen molar-refractivity contribution < 1.29 is 14.0 Å². The lowest BCUT2D eigenvalue weighted by atomic mass is 10.00. The van der Waals surface area contributed by atoms with Crippen molar-refractivity contribution in [2.24, 2.45) is 11.0 Å². The molecule has 0 bridgehead atoms. The molecule has 0 radical (unpaired) electrons. The average molecular weight is 551 g/mol. The van der Waals surface area contributed by atoms with E-state index >= 15 is 0 Å². The number of rotatable bonds is 6. The van der Waals surface area contributed by atoms with Gasteiger partial charge in [0, 0.05) is 13.0 Å². The summed E-state index contributed by atoms with van der Waals surface area (Å²) < 4.78 is 13.4. The van der Waals surface area contributed by atoms with E-state index in [1.807, 2.05) is 29.4 Å². The van der Waals surface area contributed by atoms with E-state index in [4.69, 9.17) is 5.10 Å². The number of hydrazone groups is 1. The predicted octanol–water partition coefficient (Wildman–Crippen LogP) is 3.58. The number of aryl methyl sites for hydroxylation is 1. The van der Waals surface area contributed by atoms with Crippen LogP contribution in [0.4, 0.5) is 10.1 Å². The molecule has 8 nitrogen and oxygen atoms in total. The number of benzene rings is 2. The number of nitrogens with one attached hydrogen (secondary N) is 3. The van der Waals surface area contributed by atoms with Crippen molar-refractivity contribution >= 4 is 46.3 Å². The van der Waals surface area contributed by atoms with Gasteiger partial charge in [-0.15, -0.1) is 23.1 Å². The average Bonchev–Trinajstić information content (AvgIpc) is 3.68. The first-order valence-electron chi connectivity index (χ1n) is 12.4. The second kappa shape index (κ2) is 10.5. The third-order valence-electron chi connectivity index (χ3n) is 6.98. The molecule has 0 aliphatic carbocycles. The van der Waals surface area contributed by atoms with E-state index < -0.39 is 5.50 Å². The van der Waals surface area contributed by atoms with Crippen LogP contribution in [0.2, 0.25) is 0 Å². The highest BCUT2D eigenvalue weighted by atomic mass is 32.2. The maximum absolute atomic E-state index is 13.5. The van der Waals surface area contributed by atoms with Crippen LogP contribution in [0.1, 0.15) is 28.5 Å². The van der Waals surface area contributed by atoms with Crippen LogP contribution in [0.5, 0.6) is 0 Å². The standard InChI is InChI=1S/C27H27FN6O2S2/c1-16-4-6-17(7-5-16)22-13-21(23-3-2-12-37-23)32-34(22)24(35)15-38-27-30-25-20(26(36)31-27)14-29-33(25)19-10-8-18(28)9-11-19/h2-12,20,22,25,27,29-30H,13-15H2,1H3,(H,31,36). The van der Waals surface area contributed by atoms with Gasteiger partial charge in [-0.1, -0.05) is 35.9 Å². The van der Waals surface area contributed by atoms with Crippen LogP contribution in [0.15, 0.2) is 71.1 Å². The zero-order valence-corrected chi connectivity index (χ0v) is 22.3. The van der Waals surface area contributed by atoms with Crippen LogP contribution >= 0.6 is 23.1 Å². The maximum Gasteiger partial charge on any atom is 0.253 e. The van der Waals surface area contributed by atoms with Gasteiger partial charge in [0.25, 0.3) is 5.91 Å². The van der Waals surface area contributed by atoms with E-state index in [0.29, 0.717) is 13.0 Å². The number of hydrogen-bond donors (Lipinski definition) is 3. The molecular formula is C27H27FN6O2S2. The van der Waals surface area contributed by atoms with Crippen molar-refractivity contribution in [1.82, 2.24) is 21.1 Å². The molecule has 4 heterocycles. The number of carbonyl (C=O) groups excluding carboxylic acids is 2. The SMILES string of the molecule is Cc1ccc(C2CC(c3cccs3)=NN2C(=O)CSC2NC(=O)C3CNN(c4ccc(F)cc4)C3N2)cc1. The molecule has 6 rings (SSSR count). The van der Waals surface area contributed by atoms with Gasteiger partial charge in [-0.05, 0) is 48.2 Å². The number of halogens is 1. The number of nitrogens with zero attached hydrogens (tertiary/aromatic N) is 3. The van der Waals surface area contributed by atoms with Crippen LogP contribution in [0, 0.1) is 18.7 Å². The van der Waals surface area contributed by atoms with Gasteiger partial charge in [0.1, 0.15) is 17.5 Å². The molecule has 196 valence electrons. The van der Waals surface area contributed by atoms with Crippen molar-refractivity contribution in [2.75, 3.05) is 17.3 Å². The number of hydrazine groups is 1. The Morgan fingerprint density at radius 1 is 1.16 bits per heavy atom. The Labute approximate surface area is 228 Å². The molecule has 38 heavy (non-hydrogen) atoms. The van der Waals surface area contributed by atoms with Crippen LogP contribution in [0.3, 0.4) is 0 Å². The van der Waals surface area contributed by atoms with E-state index in [1.165, 1.54) is 23.9 Å². The number of carbonyl (C=O) groups is 2. The first-order chi connectivity index (χ1) is 18.5. The van der Waals surface area contributed by atoms with E-state index in [-0.39, 0.29) is 41.5 Å². The maximum atomic E-state index is 13.5. The molecule has 4 unspecified atom stereocenters. The zero-order valence-electron chi connectivity index (χ0n) is 20.6. The molecule has 3 aromatic rings. The number of hydrogen-bond acceptors (Lipinski definition) is 8. The Balaban J connectivity index is 1.15. The Bertz CT molecular complexity index is 1350. The fraction of sp³-hybridized carbons (Fsp3) is 0.296. The van der Waals surface area contributed by atoms with E-state index in [9.17, 15) is 14.0 Å². The summed E-state index contributed by atoms with van der Waals surface area (Å²) in [4.78, 5) is 27.4. The van der Waals surface area contributed by atoms with E-state index in [2.05, 4.69) is 40.3 Å². The van der Waals surface area contributed by atoms with Crippen molar-refractivity contribution in [1.29, 1.82) is 0 Å². The molecule has 2 saturated heterocycles. The van der Waals surface area contributed by atoms with Gasteiger partial charge in [0.05, 0.1) is 34.0 Å². The summed E-state index contributed by atoms with van der Waals surface area (Å²) in [6, 6.07) is 18.2. The van der Waals surface area contributed by atoms with Crippen molar-refractivity contribution in [3.05, 3.63) is 87.9 Å². The molecule has 4 atom stereocenters. The van der Waals surface area contributed by atoms with Gasteiger partial charge in [0.2, 0.25) is 5.91 Å². The molecule has 3 aliphatic heterocycles. The molecule has 2 aromatic carbocycles. The predicted molar refractivity (Wildman–Crippen MR) is 148 cm³/mol. The number of thiophene rings is 1. The molecule has 2 amide bonds. The van der Waals surface area contributed by atoms with E-state index in [0.717, 1.165) is 27.4 Å². The van der Waals surface area contributed by atoms with Gasteiger partial charge in [0.15, 0.2) is 0 Å². The molecule has 1 aromatic heterocycles. The number of fused-ring (bicyclic) bond motifs is 1. The fourth-order valence-electron chi connectivity index (χ4n) is 4.99. The monoisotopic (exact) mass is 550 g/mol. The van der Waals surface area contributed by atoms with Crippen molar-refractivity contribution in [3.8, 4) is 0 Å². The Morgan fingerprint density at radius 2 is 1.95 bits per heavy atom. The highest BCUT2D eigenvalue weighted by Crippen LogP contribution is 2.35. The fourth-order valence-corrected chi connectivity index (χ4v) is 6.59. The second-order valence-electron chi connectivity index (χ2n) is 9.52. The summed E-state index contributed by atoms with van der Waals surface area (Å²) in [6.45, 7) is 2.50. The molecule has 0 saturated carbocycles. The Kier molecular flexibility index (Phi) is 6.91. The number of amides is 2. The van der Waals surface area contributed by atoms with Gasteiger partial charge in [-0.2, -0.15) is 5.10 Å². The number of thioether (sulfide) groups is 1. The first-order valence-corrected chi connectivity index (χ1v) is 14.4. The summed E-state index contributed by atoms with van der Waals surface area (Å²) in [5.41, 5.74) is 6.63. The highest BCUT2D eigenvalue weighted by Gasteiger charge is 2.44. The molecule has 3 aliphatic rings. The second-order valence-corrected chi connectivity index (χ2v) is 11.6. The van der Waals surface area contributed by atoms with Crippen LogP contribution < -0.4 is 21.1 Å². The van der Waals surface area contributed by atoms with E-state index in [1.54, 1.807) is 28.5 Å². The summed E-state index contributed by atoms with van der Waals surface area (Å²) in [6.07, 6.45) is 0.331. The normalized spacial score (nSPS) is 24.8. The minimum absolute atomic E-state index is 0.0903. The van der Waals surface area contributed by atoms with Crippen LogP contribution in [-0.4, -0.2) is 46.5 Å². The Morgan fingerprint density at radius 3 is 2.68 bits per heavy atom. The minimum Gasteiger partial charge on any atom is -0.331 e. The highest BCUT2D eigenvalue weighted by molar-refractivity contribution is 8.00. The summed E-state index contributed by atoms with van der Waals surface area (Å²) >= 11 is 2.94. The Hall–Kier alpha value is -3.25. The molecule has 3 N–H and O–H groups in total. The summed E-state index contributed by atoms with van der Waals surface area (Å²) in [5, 5.41) is 16.6. The molecule has 2 fully saturated rings. The lowest BCUT2D eigenvalue weighted by molar-refractivity contribution is -0.130. The molecule has 11 heteroatoms. The number of anilines is 1. The lowest BCUT2D eigenvalue weighted by Crippen LogP contribution is -2.63. The summed E-state index contributed by atoms with van der Waals surface area (Å²) in [5.74, 6) is -0.697. The van der Waals surface area contributed by atoms with Gasteiger partial charge in [-0.3, -0.25) is 19.9 Å². The van der Waals surface area contributed by atoms with Crippen LogP contribution in [-0.2, 0) is 9.59 Å². The molecular weight excluding hydrogens is 523 g/mol. The lowest BCUT2D eigenvalue weighted by Gasteiger charge is -2.37. The van der Waals surface area contributed by atoms with Crippen molar-refractivity contribution in [2.45, 2.75) is 31.0 Å². The third kappa shape index (κ3) is 4.94. The minimum atomic E-state index is -0.461. The summed E-state index contributed by atoms with van der Waals surface area (Å²) in [7, 11) is 0.